The van der Waals surface area contributed by atoms with Gasteiger partial charge < -0.3 is 0 Å². The van der Waals surface area contributed by atoms with Crippen LogP contribution >= 0.6 is 0 Å². The highest BCUT2D eigenvalue weighted by Crippen LogP contribution is 2.23. The summed E-state index contributed by atoms with van der Waals surface area (Å²) in [4.78, 5) is 5.61. The second-order valence-electron chi connectivity index (χ2n) is 5.99. The fraction of sp³-hybridized carbons (Fsp3) is 0.0455. The summed E-state index contributed by atoms with van der Waals surface area (Å²) in [5.74, 6) is 0.876. The molecule has 0 saturated heterocycles. The first-order chi connectivity index (χ1) is 12.7. The lowest BCUT2D eigenvalue weighted by molar-refractivity contribution is 0.687. The van der Waals surface area contributed by atoms with Crippen molar-refractivity contribution in [3.8, 4) is 5.69 Å². The van der Waals surface area contributed by atoms with Crippen LogP contribution in [0.4, 0.5) is 0 Å². The number of hydrogen-bond acceptors (Lipinski definition) is 2. The van der Waals surface area contributed by atoms with Crippen molar-refractivity contribution in [3.63, 3.8) is 0 Å². The van der Waals surface area contributed by atoms with Crippen LogP contribution in [0.2, 0.25) is 0 Å². The average molecular weight is 358 g/mol. The number of hydrogen-bond donors (Lipinski definition) is 0. The molecule has 0 aliphatic carbocycles. The molecule has 0 bridgehead atoms. The number of para-hydroxylation sites is 3. The van der Waals surface area contributed by atoms with Crippen LogP contribution in [0, 0.1) is 0 Å². The number of nitrogens with zero attached hydrogens (tertiary/aromatic N) is 2. The molecule has 0 aliphatic heterocycles. The van der Waals surface area contributed by atoms with Crippen LogP contribution in [0.15, 0.2) is 83.8 Å². The first kappa shape index (κ1) is 16.5. The third kappa shape index (κ3) is 3.24. The molecule has 0 spiro atoms. The van der Waals surface area contributed by atoms with E-state index in [2.05, 4.69) is 22.8 Å². The predicted octanol–water partition coefficient (Wildman–Crippen LogP) is 4.93. The smallest absolute Gasteiger partial charge is 0.138 e. The molecule has 0 N–H and O–H groups in total. The molecule has 1 aromatic heterocycles. The van der Waals surface area contributed by atoms with Gasteiger partial charge in [-0.15, -0.1) is 0 Å². The van der Waals surface area contributed by atoms with Crippen molar-refractivity contribution in [2.75, 3.05) is 6.26 Å². The lowest BCUT2D eigenvalue weighted by Gasteiger charge is -2.06. The minimum Gasteiger partial charge on any atom is -0.293 e. The lowest BCUT2D eigenvalue weighted by atomic mass is 10.2. The lowest BCUT2D eigenvalue weighted by Crippen LogP contribution is -1.96. The van der Waals surface area contributed by atoms with Gasteiger partial charge in [0.25, 0.3) is 0 Å². The summed E-state index contributed by atoms with van der Waals surface area (Å²) in [6.07, 6.45) is 5.74. The van der Waals surface area contributed by atoms with Gasteiger partial charge >= 0.3 is 0 Å². The molecule has 26 heavy (non-hydrogen) atoms. The van der Waals surface area contributed by atoms with Crippen LogP contribution < -0.4 is 0 Å². The van der Waals surface area contributed by atoms with E-state index >= 15 is 0 Å². The molecular weight excluding hydrogens is 340 g/mol. The van der Waals surface area contributed by atoms with E-state index in [4.69, 9.17) is 4.98 Å². The summed E-state index contributed by atoms with van der Waals surface area (Å²) in [6.45, 7) is 0. The van der Waals surface area contributed by atoms with Crippen LogP contribution in [-0.2, 0) is 10.8 Å². The summed E-state index contributed by atoms with van der Waals surface area (Å²) in [7, 11) is -0.957. The quantitative estimate of drug-likeness (QED) is 0.518. The molecule has 4 rings (SSSR count). The second-order valence-corrected chi connectivity index (χ2v) is 7.37. The molecule has 3 nitrogen and oxygen atoms in total. The number of fused-ring (bicyclic) bond motifs is 1. The standard InChI is InChI=1S/C22H18N2OS/c1-26(25)19-14-11-17(12-15-19)13-16-22-23-20-9-5-6-10-21(20)24(22)18-7-3-2-4-8-18/h2-16H,1H3/b16-13+. The van der Waals surface area contributed by atoms with Crippen LogP contribution in [0.5, 0.6) is 0 Å². The highest BCUT2D eigenvalue weighted by molar-refractivity contribution is 7.84. The van der Waals surface area contributed by atoms with Crippen molar-refractivity contribution in [2.24, 2.45) is 0 Å². The van der Waals surface area contributed by atoms with Gasteiger partial charge in [0.05, 0.1) is 11.0 Å². The van der Waals surface area contributed by atoms with Crippen molar-refractivity contribution >= 4 is 34.0 Å². The molecule has 0 fully saturated rings. The van der Waals surface area contributed by atoms with Gasteiger partial charge in [-0.1, -0.05) is 48.5 Å². The summed E-state index contributed by atoms with van der Waals surface area (Å²) < 4.78 is 13.7. The third-order valence-corrected chi connectivity index (χ3v) is 5.17. The predicted molar refractivity (Wildman–Crippen MR) is 109 cm³/mol. The normalized spacial score (nSPS) is 12.7. The van der Waals surface area contributed by atoms with E-state index in [1.54, 1.807) is 6.26 Å². The van der Waals surface area contributed by atoms with Gasteiger partial charge in [0.15, 0.2) is 0 Å². The van der Waals surface area contributed by atoms with E-state index in [0.717, 1.165) is 33.0 Å². The van der Waals surface area contributed by atoms with Crippen molar-refractivity contribution in [2.45, 2.75) is 4.90 Å². The monoisotopic (exact) mass is 358 g/mol. The molecule has 0 aliphatic rings. The second kappa shape index (κ2) is 7.10. The zero-order valence-electron chi connectivity index (χ0n) is 14.4. The minimum absolute atomic E-state index is 0.832. The van der Waals surface area contributed by atoms with Gasteiger partial charge in [-0.2, -0.15) is 0 Å². The maximum absolute atomic E-state index is 11.5. The van der Waals surface area contributed by atoms with Gasteiger partial charge in [-0.05, 0) is 48.0 Å². The Hall–Kier alpha value is -2.98. The Morgan fingerprint density at radius 1 is 0.846 bits per heavy atom. The van der Waals surface area contributed by atoms with E-state index < -0.39 is 10.8 Å². The van der Waals surface area contributed by atoms with Crippen LogP contribution in [0.25, 0.3) is 28.9 Å². The van der Waals surface area contributed by atoms with E-state index in [0.29, 0.717) is 0 Å². The van der Waals surface area contributed by atoms with E-state index in [1.807, 2.05) is 72.8 Å². The Morgan fingerprint density at radius 2 is 1.54 bits per heavy atom. The zero-order chi connectivity index (χ0) is 17.9. The van der Waals surface area contributed by atoms with Crippen LogP contribution in [-0.4, -0.2) is 20.0 Å². The van der Waals surface area contributed by atoms with Gasteiger partial charge in [-0.25, -0.2) is 4.98 Å². The molecule has 1 unspecified atom stereocenters. The molecule has 128 valence electrons. The van der Waals surface area contributed by atoms with Crippen molar-refractivity contribution < 1.29 is 4.21 Å². The van der Waals surface area contributed by atoms with Gasteiger partial charge in [0, 0.05) is 27.6 Å². The maximum atomic E-state index is 11.5. The van der Waals surface area contributed by atoms with E-state index in [1.165, 1.54) is 0 Å². The highest BCUT2D eigenvalue weighted by atomic mass is 32.2. The Bertz CT molecular complexity index is 1100. The maximum Gasteiger partial charge on any atom is 0.138 e. The minimum atomic E-state index is -0.957. The summed E-state index contributed by atoms with van der Waals surface area (Å²) in [6, 6.07) is 26.1. The number of rotatable bonds is 4. The summed E-state index contributed by atoms with van der Waals surface area (Å²) >= 11 is 0. The third-order valence-electron chi connectivity index (χ3n) is 4.24. The average Bonchev–Trinajstić information content (AvgIpc) is 3.05. The molecule has 0 saturated carbocycles. The summed E-state index contributed by atoms with van der Waals surface area (Å²) in [5.41, 5.74) is 4.17. The molecule has 3 aromatic carbocycles. The van der Waals surface area contributed by atoms with E-state index in [9.17, 15) is 4.21 Å². The van der Waals surface area contributed by atoms with Crippen LogP contribution in [0.3, 0.4) is 0 Å². The molecule has 4 heteroatoms. The molecule has 0 amide bonds. The Morgan fingerprint density at radius 3 is 2.27 bits per heavy atom. The molecular formula is C22H18N2OS. The van der Waals surface area contributed by atoms with Crippen molar-refractivity contribution in [1.82, 2.24) is 9.55 Å². The number of aromatic nitrogens is 2. The van der Waals surface area contributed by atoms with Gasteiger partial charge in [0.2, 0.25) is 0 Å². The Labute approximate surface area is 155 Å². The summed E-state index contributed by atoms with van der Waals surface area (Å²) in [5, 5.41) is 0. The first-order valence-electron chi connectivity index (χ1n) is 8.37. The fourth-order valence-electron chi connectivity index (χ4n) is 2.95. The molecule has 1 heterocycles. The number of benzene rings is 3. The molecule has 1 atom stereocenters. The Balaban J connectivity index is 1.77. The fourth-order valence-corrected chi connectivity index (χ4v) is 3.47. The first-order valence-corrected chi connectivity index (χ1v) is 9.93. The largest absolute Gasteiger partial charge is 0.293 e. The van der Waals surface area contributed by atoms with Crippen molar-refractivity contribution in [1.29, 1.82) is 0 Å². The zero-order valence-corrected chi connectivity index (χ0v) is 15.2. The van der Waals surface area contributed by atoms with Gasteiger partial charge in [-0.3, -0.25) is 8.78 Å². The van der Waals surface area contributed by atoms with Crippen molar-refractivity contribution in [3.05, 3.63) is 90.3 Å². The SMILES string of the molecule is CS(=O)c1ccc(/C=C/c2nc3ccccc3n2-c2ccccc2)cc1. The topological polar surface area (TPSA) is 34.9 Å². The number of imidazole rings is 1. The van der Waals surface area contributed by atoms with Gasteiger partial charge in [0.1, 0.15) is 5.82 Å². The highest BCUT2D eigenvalue weighted by Gasteiger charge is 2.09. The molecule has 0 radical (unpaired) electrons. The van der Waals surface area contributed by atoms with Crippen LogP contribution in [0.1, 0.15) is 11.4 Å². The Kier molecular flexibility index (Phi) is 4.50. The van der Waals surface area contributed by atoms with E-state index in [-0.39, 0.29) is 0 Å². The molecule has 4 aromatic rings.